The van der Waals surface area contributed by atoms with E-state index in [1.165, 1.54) is 19.2 Å². The maximum atomic E-state index is 13.2. The Balaban J connectivity index is 2.33. The minimum Gasteiger partial charge on any atom is -0.497 e. The molecule has 1 rings (SSSR count). The van der Waals surface area contributed by atoms with Gasteiger partial charge in [0.05, 0.1) is 7.11 Å². The molecule has 6 heteroatoms. The number of nitrogens with two attached hydrogens (primary N) is 1. The number of rotatable bonds is 7. The van der Waals surface area contributed by atoms with E-state index in [9.17, 15) is 4.39 Å². The molecule has 0 aliphatic carbocycles. The van der Waals surface area contributed by atoms with Gasteiger partial charge >= 0.3 is 0 Å². The molecule has 0 aromatic heterocycles. The van der Waals surface area contributed by atoms with E-state index in [0.29, 0.717) is 24.4 Å². The summed E-state index contributed by atoms with van der Waals surface area (Å²) in [4.78, 5) is 0. The van der Waals surface area contributed by atoms with Gasteiger partial charge in [0.1, 0.15) is 17.4 Å². The van der Waals surface area contributed by atoms with Crippen molar-refractivity contribution in [2.75, 3.05) is 19.0 Å². The second-order valence-corrected chi connectivity index (χ2v) is 3.85. The van der Waals surface area contributed by atoms with Crippen LogP contribution in [0.5, 0.6) is 5.75 Å². The van der Waals surface area contributed by atoms with E-state index in [0.717, 1.165) is 12.8 Å². The van der Waals surface area contributed by atoms with Crippen LogP contribution < -0.4 is 15.8 Å². The van der Waals surface area contributed by atoms with E-state index >= 15 is 0 Å². The van der Waals surface area contributed by atoms with Gasteiger partial charge in [0.25, 0.3) is 0 Å². The van der Waals surface area contributed by atoms with Crippen LogP contribution in [0.15, 0.2) is 23.4 Å². The van der Waals surface area contributed by atoms with Gasteiger partial charge in [-0.2, -0.15) is 0 Å². The number of halogens is 1. The molecule has 0 atom stereocenters. The van der Waals surface area contributed by atoms with Crippen molar-refractivity contribution >= 4 is 11.5 Å². The van der Waals surface area contributed by atoms with E-state index in [-0.39, 0.29) is 11.7 Å². The highest BCUT2D eigenvalue weighted by Crippen LogP contribution is 2.19. The van der Waals surface area contributed by atoms with E-state index in [1.807, 2.05) is 0 Å². The molecule has 0 aliphatic rings. The van der Waals surface area contributed by atoms with Crippen molar-refractivity contribution in [2.45, 2.75) is 19.3 Å². The van der Waals surface area contributed by atoms with Crippen LogP contribution in [0.4, 0.5) is 10.1 Å². The van der Waals surface area contributed by atoms with Gasteiger partial charge in [-0.05, 0) is 18.9 Å². The summed E-state index contributed by atoms with van der Waals surface area (Å²) in [7, 11) is 1.50. The normalized spacial score (nSPS) is 11.3. The maximum Gasteiger partial charge on any atom is 0.139 e. The smallest absolute Gasteiger partial charge is 0.139 e. The monoisotopic (exact) mass is 255 g/mol. The standard InChI is InChI=1S/C12H18FN3O2/c1-18-11-7-9(13)6-10(8-11)15-5-3-2-4-12(14)16-17/h6-8,15,17H,2-5H2,1H3,(H2,14,16). The predicted octanol–water partition coefficient (Wildman–Crippen LogP) is 2.16. The number of hydrogen-bond acceptors (Lipinski definition) is 4. The highest BCUT2D eigenvalue weighted by Gasteiger charge is 2.00. The Kier molecular flexibility index (Phi) is 5.76. The molecular weight excluding hydrogens is 237 g/mol. The van der Waals surface area contributed by atoms with Gasteiger partial charge in [-0.25, -0.2) is 4.39 Å². The molecule has 0 amide bonds. The first-order valence-corrected chi connectivity index (χ1v) is 5.70. The number of benzene rings is 1. The number of oxime groups is 1. The highest BCUT2D eigenvalue weighted by molar-refractivity contribution is 5.79. The molecule has 0 unspecified atom stereocenters. The molecule has 100 valence electrons. The lowest BCUT2D eigenvalue weighted by molar-refractivity contribution is 0.316. The summed E-state index contributed by atoms with van der Waals surface area (Å²) in [5, 5.41) is 14.3. The Morgan fingerprint density at radius 3 is 2.89 bits per heavy atom. The van der Waals surface area contributed by atoms with E-state index < -0.39 is 0 Å². The van der Waals surface area contributed by atoms with Crippen LogP contribution in [0.1, 0.15) is 19.3 Å². The summed E-state index contributed by atoms with van der Waals surface area (Å²) < 4.78 is 18.1. The van der Waals surface area contributed by atoms with Gasteiger partial charge in [0.15, 0.2) is 0 Å². The average molecular weight is 255 g/mol. The van der Waals surface area contributed by atoms with Crippen LogP contribution in [0, 0.1) is 5.82 Å². The average Bonchev–Trinajstić information content (AvgIpc) is 2.37. The van der Waals surface area contributed by atoms with Gasteiger partial charge < -0.3 is 21.0 Å². The zero-order chi connectivity index (χ0) is 13.4. The molecule has 18 heavy (non-hydrogen) atoms. The van der Waals surface area contributed by atoms with Gasteiger partial charge in [-0.1, -0.05) is 5.16 Å². The van der Waals surface area contributed by atoms with Gasteiger partial charge in [-0.15, -0.1) is 0 Å². The number of ether oxygens (including phenoxy) is 1. The second-order valence-electron chi connectivity index (χ2n) is 3.85. The van der Waals surface area contributed by atoms with Gasteiger partial charge in [-0.3, -0.25) is 0 Å². The molecule has 5 nitrogen and oxygen atoms in total. The first-order valence-electron chi connectivity index (χ1n) is 5.70. The Labute approximate surface area is 105 Å². The molecule has 0 saturated heterocycles. The number of methoxy groups -OCH3 is 1. The van der Waals surface area contributed by atoms with Crippen molar-refractivity contribution in [2.24, 2.45) is 10.9 Å². The quantitative estimate of drug-likeness (QED) is 0.229. The second kappa shape index (κ2) is 7.37. The summed E-state index contributed by atoms with van der Waals surface area (Å²) >= 11 is 0. The van der Waals surface area contributed by atoms with E-state index in [2.05, 4.69) is 10.5 Å². The van der Waals surface area contributed by atoms with Crippen molar-refractivity contribution in [1.29, 1.82) is 0 Å². The van der Waals surface area contributed by atoms with Gasteiger partial charge in [0, 0.05) is 30.8 Å². The first-order chi connectivity index (χ1) is 8.65. The third-order valence-corrected chi connectivity index (χ3v) is 2.42. The molecule has 0 bridgehead atoms. The van der Waals surface area contributed by atoms with E-state index in [4.69, 9.17) is 15.7 Å². The number of hydrogen-bond donors (Lipinski definition) is 3. The van der Waals surface area contributed by atoms with Crippen molar-refractivity contribution in [1.82, 2.24) is 0 Å². The summed E-state index contributed by atoms with van der Waals surface area (Å²) in [5.41, 5.74) is 6.01. The lowest BCUT2D eigenvalue weighted by Gasteiger charge is -2.08. The number of amidine groups is 1. The van der Waals surface area contributed by atoms with Gasteiger partial charge in [0.2, 0.25) is 0 Å². The fourth-order valence-corrected chi connectivity index (χ4v) is 1.50. The molecule has 1 aromatic carbocycles. The fraction of sp³-hybridized carbons (Fsp3) is 0.417. The molecule has 0 spiro atoms. The number of nitrogens with zero attached hydrogens (tertiary/aromatic N) is 1. The van der Waals surface area contributed by atoms with Crippen LogP contribution in [-0.2, 0) is 0 Å². The third kappa shape index (κ3) is 4.90. The van der Waals surface area contributed by atoms with Crippen LogP contribution >= 0.6 is 0 Å². The van der Waals surface area contributed by atoms with Crippen molar-refractivity contribution < 1.29 is 14.3 Å². The summed E-state index contributed by atoms with van der Waals surface area (Å²) in [5.74, 6) is 0.366. The summed E-state index contributed by atoms with van der Waals surface area (Å²) in [6.45, 7) is 0.686. The lowest BCUT2D eigenvalue weighted by Crippen LogP contribution is -2.11. The Morgan fingerprint density at radius 2 is 2.22 bits per heavy atom. The van der Waals surface area contributed by atoms with Crippen LogP contribution in [0.25, 0.3) is 0 Å². The number of nitrogens with one attached hydrogen (secondary N) is 1. The summed E-state index contributed by atoms with van der Waals surface area (Å²) in [6.07, 6.45) is 2.19. The molecule has 0 heterocycles. The Morgan fingerprint density at radius 1 is 1.44 bits per heavy atom. The van der Waals surface area contributed by atoms with Crippen LogP contribution in [-0.4, -0.2) is 24.7 Å². The largest absolute Gasteiger partial charge is 0.497 e. The Bertz CT molecular complexity index is 410. The Hall–Kier alpha value is -1.98. The highest BCUT2D eigenvalue weighted by atomic mass is 19.1. The van der Waals surface area contributed by atoms with Crippen molar-refractivity contribution in [3.05, 3.63) is 24.0 Å². The zero-order valence-corrected chi connectivity index (χ0v) is 10.3. The van der Waals surface area contributed by atoms with Crippen molar-refractivity contribution in [3.8, 4) is 5.75 Å². The number of unbranched alkanes of at least 4 members (excludes halogenated alkanes) is 1. The molecule has 0 aliphatic heterocycles. The van der Waals surface area contributed by atoms with Crippen molar-refractivity contribution in [3.63, 3.8) is 0 Å². The molecule has 1 aromatic rings. The van der Waals surface area contributed by atoms with Crippen LogP contribution in [0.2, 0.25) is 0 Å². The minimum absolute atomic E-state index is 0.224. The fourth-order valence-electron chi connectivity index (χ4n) is 1.50. The SMILES string of the molecule is COc1cc(F)cc(NCCCC/C(N)=N/O)c1. The third-order valence-electron chi connectivity index (χ3n) is 2.42. The summed E-state index contributed by atoms with van der Waals surface area (Å²) in [6, 6.07) is 4.46. The van der Waals surface area contributed by atoms with E-state index in [1.54, 1.807) is 6.07 Å². The molecule has 4 N–H and O–H groups in total. The molecule has 0 saturated carbocycles. The first kappa shape index (κ1) is 14.1. The van der Waals surface area contributed by atoms with Crippen LogP contribution in [0.3, 0.4) is 0 Å². The lowest BCUT2D eigenvalue weighted by atomic mass is 10.2. The number of anilines is 1. The maximum absolute atomic E-state index is 13.2. The predicted molar refractivity (Wildman–Crippen MR) is 68.7 cm³/mol. The molecular formula is C12H18FN3O2. The molecule has 0 radical (unpaired) electrons. The zero-order valence-electron chi connectivity index (χ0n) is 10.3. The molecule has 0 fully saturated rings. The minimum atomic E-state index is -0.339. The topological polar surface area (TPSA) is 79.9 Å².